The van der Waals surface area contributed by atoms with E-state index in [0.717, 1.165) is 6.54 Å². The van der Waals surface area contributed by atoms with Crippen LogP contribution in [0.5, 0.6) is 0 Å². The molecule has 1 saturated heterocycles. The van der Waals surface area contributed by atoms with Gasteiger partial charge in [-0.1, -0.05) is 41.5 Å². The molecular formula is C16H29N3. The van der Waals surface area contributed by atoms with Crippen LogP contribution >= 0.6 is 0 Å². The average Bonchev–Trinajstić information content (AvgIpc) is 2.79. The molecule has 0 amide bonds. The van der Waals surface area contributed by atoms with Crippen molar-refractivity contribution in [1.82, 2.24) is 14.7 Å². The fourth-order valence-corrected chi connectivity index (χ4v) is 3.05. The van der Waals surface area contributed by atoms with E-state index >= 15 is 0 Å². The van der Waals surface area contributed by atoms with E-state index in [1.54, 1.807) is 0 Å². The molecule has 1 unspecified atom stereocenters. The van der Waals surface area contributed by atoms with Crippen LogP contribution in [0.2, 0.25) is 0 Å². The third-order valence-electron chi connectivity index (χ3n) is 4.03. The smallest absolute Gasteiger partial charge is 0.0661 e. The molecule has 19 heavy (non-hydrogen) atoms. The zero-order valence-electron chi connectivity index (χ0n) is 13.6. The van der Waals surface area contributed by atoms with Crippen molar-refractivity contribution in [2.45, 2.75) is 64.8 Å². The molecule has 2 rings (SSSR count). The highest BCUT2D eigenvalue weighted by Gasteiger charge is 2.33. The van der Waals surface area contributed by atoms with Crippen LogP contribution in [0, 0.1) is 0 Å². The van der Waals surface area contributed by atoms with Crippen molar-refractivity contribution >= 4 is 0 Å². The molecule has 1 aliphatic rings. The van der Waals surface area contributed by atoms with E-state index in [-0.39, 0.29) is 10.8 Å². The molecule has 1 aromatic heterocycles. The van der Waals surface area contributed by atoms with Gasteiger partial charge in [-0.15, -0.1) is 0 Å². The molecule has 2 heterocycles. The molecule has 1 aliphatic heterocycles. The highest BCUT2D eigenvalue weighted by Crippen LogP contribution is 2.36. The van der Waals surface area contributed by atoms with Crippen LogP contribution in [-0.2, 0) is 10.8 Å². The summed E-state index contributed by atoms with van der Waals surface area (Å²) in [5.41, 5.74) is 3.11. The number of likely N-dealkylation sites (tertiary alicyclic amines) is 1. The molecule has 3 heteroatoms. The second-order valence-corrected chi connectivity index (χ2v) is 8.06. The summed E-state index contributed by atoms with van der Waals surface area (Å²) in [4.78, 5) is 2.40. The summed E-state index contributed by atoms with van der Waals surface area (Å²) in [5.74, 6) is 0. The summed E-state index contributed by atoms with van der Waals surface area (Å²) >= 11 is 0. The van der Waals surface area contributed by atoms with Crippen molar-refractivity contribution in [2.75, 3.05) is 20.1 Å². The minimum Gasteiger partial charge on any atom is -0.304 e. The SMILES string of the molecule is CN1CCC(n2ncc(C(C)(C)C)c2C(C)(C)C)C1. The number of likely N-dealkylation sites (N-methyl/N-ethyl adjacent to an activating group) is 1. The van der Waals surface area contributed by atoms with E-state index < -0.39 is 0 Å². The van der Waals surface area contributed by atoms with Gasteiger partial charge < -0.3 is 4.90 Å². The molecule has 0 spiro atoms. The second kappa shape index (κ2) is 4.62. The Morgan fingerprint density at radius 3 is 2.16 bits per heavy atom. The Bertz CT molecular complexity index is 446. The van der Waals surface area contributed by atoms with Gasteiger partial charge in [-0.05, 0) is 31.0 Å². The normalized spacial score (nSPS) is 22.2. The number of hydrogen-bond donors (Lipinski definition) is 0. The Hall–Kier alpha value is -0.830. The third kappa shape index (κ3) is 2.86. The van der Waals surface area contributed by atoms with Crippen molar-refractivity contribution in [3.8, 4) is 0 Å². The van der Waals surface area contributed by atoms with Crippen molar-refractivity contribution in [1.29, 1.82) is 0 Å². The summed E-state index contributed by atoms with van der Waals surface area (Å²) in [6.45, 7) is 16.0. The van der Waals surface area contributed by atoms with Gasteiger partial charge in [0.05, 0.1) is 12.2 Å². The van der Waals surface area contributed by atoms with Crippen LogP contribution in [0.4, 0.5) is 0 Å². The largest absolute Gasteiger partial charge is 0.304 e. The maximum absolute atomic E-state index is 4.76. The quantitative estimate of drug-likeness (QED) is 0.774. The minimum absolute atomic E-state index is 0.139. The fourth-order valence-electron chi connectivity index (χ4n) is 3.05. The van der Waals surface area contributed by atoms with Gasteiger partial charge in [0.1, 0.15) is 0 Å². The van der Waals surface area contributed by atoms with E-state index in [4.69, 9.17) is 5.10 Å². The first-order chi connectivity index (χ1) is 8.60. The number of aromatic nitrogens is 2. The van der Waals surface area contributed by atoms with Gasteiger partial charge in [0.25, 0.3) is 0 Å². The molecule has 1 atom stereocenters. The summed E-state index contributed by atoms with van der Waals surface area (Å²) in [7, 11) is 2.20. The molecule has 0 N–H and O–H groups in total. The maximum atomic E-state index is 4.76. The number of rotatable bonds is 1. The predicted octanol–water partition coefficient (Wildman–Crippen LogP) is 3.35. The molecular weight excluding hydrogens is 234 g/mol. The topological polar surface area (TPSA) is 21.1 Å². The van der Waals surface area contributed by atoms with Crippen molar-refractivity contribution < 1.29 is 0 Å². The second-order valence-electron chi connectivity index (χ2n) is 8.06. The van der Waals surface area contributed by atoms with E-state index in [1.165, 1.54) is 24.2 Å². The standard InChI is InChI=1S/C16H29N3/c1-15(2,3)13-10-17-19(14(13)16(4,5)6)12-8-9-18(7)11-12/h10,12H,8-9,11H2,1-7H3. The van der Waals surface area contributed by atoms with Crippen LogP contribution in [0.1, 0.15) is 65.3 Å². The lowest BCUT2D eigenvalue weighted by molar-refractivity contribution is 0.363. The van der Waals surface area contributed by atoms with E-state index in [0.29, 0.717) is 6.04 Å². The molecule has 0 aliphatic carbocycles. The molecule has 3 nitrogen and oxygen atoms in total. The Labute approximate surface area is 118 Å². The monoisotopic (exact) mass is 263 g/mol. The van der Waals surface area contributed by atoms with Crippen LogP contribution in [-0.4, -0.2) is 34.8 Å². The molecule has 0 saturated carbocycles. The van der Waals surface area contributed by atoms with Crippen molar-refractivity contribution in [3.63, 3.8) is 0 Å². The van der Waals surface area contributed by atoms with Gasteiger partial charge >= 0.3 is 0 Å². The first kappa shape index (κ1) is 14.6. The molecule has 1 fully saturated rings. The van der Waals surface area contributed by atoms with Crippen molar-refractivity contribution in [2.24, 2.45) is 0 Å². The zero-order chi connectivity index (χ0) is 14.4. The summed E-state index contributed by atoms with van der Waals surface area (Å²) in [5, 5.41) is 4.76. The van der Waals surface area contributed by atoms with Gasteiger partial charge in [0.15, 0.2) is 0 Å². The minimum atomic E-state index is 0.139. The van der Waals surface area contributed by atoms with Gasteiger partial charge in [-0.2, -0.15) is 5.10 Å². The summed E-state index contributed by atoms with van der Waals surface area (Å²) < 4.78 is 2.31. The van der Waals surface area contributed by atoms with Crippen LogP contribution < -0.4 is 0 Å². The molecule has 1 aromatic rings. The average molecular weight is 263 g/mol. The summed E-state index contributed by atoms with van der Waals surface area (Å²) in [6.07, 6.45) is 3.31. The molecule has 0 radical (unpaired) electrons. The summed E-state index contributed by atoms with van der Waals surface area (Å²) in [6, 6.07) is 0.537. The number of nitrogens with zero attached hydrogens (tertiary/aromatic N) is 3. The molecule has 0 bridgehead atoms. The fraction of sp³-hybridized carbons (Fsp3) is 0.812. The lowest BCUT2D eigenvalue weighted by Gasteiger charge is -2.29. The first-order valence-corrected chi connectivity index (χ1v) is 7.37. The third-order valence-corrected chi connectivity index (χ3v) is 4.03. The van der Waals surface area contributed by atoms with Gasteiger partial charge in [0.2, 0.25) is 0 Å². The molecule has 0 aromatic carbocycles. The van der Waals surface area contributed by atoms with Crippen LogP contribution in [0.3, 0.4) is 0 Å². The molecule has 108 valence electrons. The maximum Gasteiger partial charge on any atom is 0.0661 e. The first-order valence-electron chi connectivity index (χ1n) is 7.37. The Kier molecular flexibility index (Phi) is 3.54. The van der Waals surface area contributed by atoms with Crippen LogP contribution in [0.15, 0.2) is 6.20 Å². The lowest BCUT2D eigenvalue weighted by Crippen LogP contribution is -2.27. The van der Waals surface area contributed by atoms with E-state index in [9.17, 15) is 0 Å². The Morgan fingerprint density at radius 1 is 1.11 bits per heavy atom. The van der Waals surface area contributed by atoms with Gasteiger partial charge in [0, 0.05) is 17.7 Å². The van der Waals surface area contributed by atoms with Crippen molar-refractivity contribution in [3.05, 3.63) is 17.5 Å². The number of hydrogen-bond acceptors (Lipinski definition) is 2. The van der Waals surface area contributed by atoms with Gasteiger partial charge in [-0.3, -0.25) is 4.68 Å². The Balaban J connectivity index is 2.48. The highest BCUT2D eigenvalue weighted by atomic mass is 15.3. The van der Waals surface area contributed by atoms with E-state index in [2.05, 4.69) is 64.4 Å². The van der Waals surface area contributed by atoms with Crippen LogP contribution in [0.25, 0.3) is 0 Å². The lowest BCUT2D eigenvalue weighted by atomic mass is 9.79. The Morgan fingerprint density at radius 2 is 1.74 bits per heavy atom. The highest BCUT2D eigenvalue weighted by molar-refractivity contribution is 5.31. The zero-order valence-corrected chi connectivity index (χ0v) is 13.6. The van der Waals surface area contributed by atoms with Gasteiger partial charge in [-0.25, -0.2) is 0 Å². The predicted molar refractivity (Wildman–Crippen MR) is 80.8 cm³/mol. The van der Waals surface area contributed by atoms with E-state index in [1.807, 2.05) is 0 Å².